The summed E-state index contributed by atoms with van der Waals surface area (Å²) in [7, 11) is 1.59. The van der Waals surface area contributed by atoms with Gasteiger partial charge in [-0.1, -0.05) is 23.2 Å². The third kappa shape index (κ3) is 4.18. The summed E-state index contributed by atoms with van der Waals surface area (Å²) in [6.07, 6.45) is 0. The summed E-state index contributed by atoms with van der Waals surface area (Å²) in [5, 5.41) is 3.72. The molecule has 1 aliphatic heterocycles. The summed E-state index contributed by atoms with van der Waals surface area (Å²) in [6, 6.07) is 10.4. The zero-order valence-electron chi connectivity index (χ0n) is 13.7. The van der Waals surface area contributed by atoms with Crippen LogP contribution in [0.5, 0.6) is 5.75 Å². The SMILES string of the molecule is COc1ccc(N2CCOCC2)c(NC(=O)c2ccc(Cl)cc2Cl)c1. The Morgan fingerprint density at radius 1 is 1.16 bits per heavy atom. The molecule has 0 radical (unpaired) electrons. The lowest BCUT2D eigenvalue weighted by atomic mass is 10.1. The number of benzene rings is 2. The molecule has 1 amide bonds. The van der Waals surface area contributed by atoms with E-state index in [9.17, 15) is 4.79 Å². The fourth-order valence-electron chi connectivity index (χ4n) is 2.69. The lowest BCUT2D eigenvalue weighted by molar-refractivity contribution is 0.102. The van der Waals surface area contributed by atoms with Crippen LogP contribution in [0, 0.1) is 0 Å². The van der Waals surface area contributed by atoms with Crippen molar-refractivity contribution in [2.75, 3.05) is 43.6 Å². The summed E-state index contributed by atoms with van der Waals surface area (Å²) in [6.45, 7) is 2.83. The highest BCUT2D eigenvalue weighted by atomic mass is 35.5. The molecule has 132 valence electrons. The molecule has 0 bridgehead atoms. The Balaban J connectivity index is 1.90. The molecule has 3 rings (SSSR count). The van der Waals surface area contributed by atoms with E-state index in [4.69, 9.17) is 32.7 Å². The molecule has 1 fully saturated rings. The highest BCUT2D eigenvalue weighted by Gasteiger charge is 2.18. The van der Waals surface area contributed by atoms with Crippen LogP contribution in [0.1, 0.15) is 10.4 Å². The van der Waals surface area contributed by atoms with Crippen molar-refractivity contribution in [2.24, 2.45) is 0 Å². The Morgan fingerprint density at radius 2 is 1.92 bits per heavy atom. The quantitative estimate of drug-likeness (QED) is 0.867. The van der Waals surface area contributed by atoms with Gasteiger partial charge >= 0.3 is 0 Å². The third-order valence-corrected chi connectivity index (χ3v) is 4.53. The molecule has 0 saturated carbocycles. The first-order valence-electron chi connectivity index (χ1n) is 7.85. The van der Waals surface area contributed by atoms with E-state index < -0.39 is 0 Å². The van der Waals surface area contributed by atoms with Crippen LogP contribution in [-0.4, -0.2) is 39.3 Å². The monoisotopic (exact) mass is 380 g/mol. The van der Waals surface area contributed by atoms with Gasteiger partial charge in [0.2, 0.25) is 0 Å². The van der Waals surface area contributed by atoms with E-state index in [0.29, 0.717) is 40.3 Å². The van der Waals surface area contributed by atoms with Gasteiger partial charge in [-0.3, -0.25) is 4.79 Å². The Hall–Kier alpha value is -1.95. The largest absolute Gasteiger partial charge is 0.497 e. The zero-order valence-corrected chi connectivity index (χ0v) is 15.2. The van der Waals surface area contributed by atoms with Crippen LogP contribution in [-0.2, 0) is 4.74 Å². The molecule has 1 aliphatic rings. The summed E-state index contributed by atoms with van der Waals surface area (Å²) in [4.78, 5) is 14.8. The second kappa shape index (κ2) is 7.95. The molecule has 0 atom stereocenters. The number of ether oxygens (including phenoxy) is 2. The van der Waals surface area contributed by atoms with Crippen molar-refractivity contribution in [2.45, 2.75) is 0 Å². The van der Waals surface area contributed by atoms with E-state index in [2.05, 4.69) is 10.2 Å². The number of carbonyl (C=O) groups excluding carboxylic acids is 1. The number of amides is 1. The van der Waals surface area contributed by atoms with Crippen molar-refractivity contribution >= 4 is 40.5 Å². The molecular weight excluding hydrogens is 363 g/mol. The molecular formula is C18H18Cl2N2O3. The average Bonchev–Trinajstić information content (AvgIpc) is 2.62. The van der Waals surface area contributed by atoms with Crippen LogP contribution in [0.4, 0.5) is 11.4 Å². The predicted octanol–water partition coefficient (Wildman–Crippen LogP) is 4.09. The molecule has 5 nitrogen and oxygen atoms in total. The van der Waals surface area contributed by atoms with Gasteiger partial charge in [0.25, 0.3) is 5.91 Å². The molecule has 2 aromatic rings. The van der Waals surface area contributed by atoms with Crippen molar-refractivity contribution in [3.05, 3.63) is 52.0 Å². The molecule has 25 heavy (non-hydrogen) atoms. The first-order valence-corrected chi connectivity index (χ1v) is 8.61. The molecule has 7 heteroatoms. The van der Waals surface area contributed by atoms with Gasteiger partial charge in [-0.25, -0.2) is 0 Å². The molecule has 0 unspecified atom stereocenters. The number of morpholine rings is 1. The van der Waals surface area contributed by atoms with E-state index in [1.54, 1.807) is 31.4 Å². The van der Waals surface area contributed by atoms with E-state index in [-0.39, 0.29) is 5.91 Å². The normalized spacial score (nSPS) is 14.3. The Kier molecular flexibility index (Phi) is 5.68. The zero-order chi connectivity index (χ0) is 17.8. The Bertz CT molecular complexity index is 777. The van der Waals surface area contributed by atoms with Gasteiger partial charge in [0, 0.05) is 24.2 Å². The Morgan fingerprint density at radius 3 is 2.60 bits per heavy atom. The van der Waals surface area contributed by atoms with Gasteiger partial charge in [-0.2, -0.15) is 0 Å². The highest BCUT2D eigenvalue weighted by molar-refractivity contribution is 6.37. The number of hydrogen-bond donors (Lipinski definition) is 1. The van der Waals surface area contributed by atoms with E-state index in [1.807, 2.05) is 12.1 Å². The van der Waals surface area contributed by atoms with Gasteiger partial charge in [0.05, 0.1) is 42.3 Å². The van der Waals surface area contributed by atoms with E-state index in [0.717, 1.165) is 18.8 Å². The number of halogens is 2. The molecule has 1 saturated heterocycles. The van der Waals surface area contributed by atoms with Gasteiger partial charge in [0.1, 0.15) is 5.75 Å². The number of nitrogens with one attached hydrogen (secondary N) is 1. The molecule has 0 aliphatic carbocycles. The minimum atomic E-state index is -0.301. The lowest BCUT2D eigenvalue weighted by Gasteiger charge is -2.30. The fraction of sp³-hybridized carbons (Fsp3) is 0.278. The molecule has 2 aromatic carbocycles. The number of nitrogens with zero attached hydrogens (tertiary/aromatic N) is 1. The smallest absolute Gasteiger partial charge is 0.257 e. The number of rotatable bonds is 4. The van der Waals surface area contributed by atoms with Gasteiger partial charge in [0.15, 0.2) is 0 Å². The number of methoxy groups -OCH3 is 1. The average molecular weight is 381 g/mol. The first kappa shape index (κ1) is 17.9. The number of anilines is 2. The maximum Gasteiger partial charge on any atom is 0.257 e. The van der Waals surface area contributed by atoms with Gasteiger partial charge in [-0.15, -0.1) is 0 Å². The van der Waals surface area contributed by atoms with Crippen molar-refractivity contribution in [1.82, 2.24) is 0 Å². The molecule has 0 aromatic heterocycles. The van der Waals surface area contributed by atoms with Gasteiger partial charge in [-0.05, 0) is 30.3 Å². The second-order valence-corrected chi connectivity index (χ2v) is 6.40. The summed E-state index contributed by atoms with van der Waals surface area (Å²) in [5.74, 6) is 0.360. The summed E-state index contributed by atoms with van der Waals surface area (Å²) >= 11 is 12.0. The van der Waals surface area contributed by atoms with Crippen molar-refractivity contribution in [3.8, 4) is 5.75 Å². The maximum atomic E-state index is 12.7. The molecule has 0 spiro atoms. The topological polar surface area (TPSA) is 50.8 Å². The first-order chi connectivity index (χ1) is 12.1. The molecule has 1 heterocycles. The van der Waals surface area contributed by atoms with Crippen molar-refractivity contribution < 1.29 is 14.3 Å². The predicted molar refractivity (Wildman–Crippen MR) is 100 cm³/mol. The van der Waals surface area contributed by atoms with Crippen LogP contribution in [0.2, 0.25) is 10.0 Å². The highest BCUT2D eigenvalue weighted by Crippen LogP contribution is 2.32. The third-order valence-electron chi connectivity index (χ3n) is 3.98. The summed E-state index contributed by atoms with van der Waals surface area (Å²) in [5.41, 5.74) is 1.95. The van der Waals surface area contributed by atoms with E-state index >= 15 is 0 Å². The van der Waals surface area contributed by atoms with Crippen LogP contribution < -0.4 is 15.0 Å². The maximum absolute atomic E-state index is 12.7. The van der Waals surface area contributed by atoms with Crippen molar-refractivity contribution in [1.29, 1.82) is 0 Å². The van der Waals surface area contributed by atoms with Crippen LogP contribution in [0.25, 0.3) is 0 Å². The van der Waals surface area contributed by atoms with Crippen LogP contribution in [0.15, 0.2) is 36.4 Å². The molecule has 1 N–H and O–H groups in total. The summed E-state index contributed by atoms with van der Waals surface area (Å²) < 4.78 is 10.7. The van der Waals surface area contributed by atoms with Crippen molar-refractivity contribution in [3.63, 3.8) is 0 Å². The minimum Gasteiger partial charge on any atom is -0.497 e. The van der Waals surface area contributed by atoms with Crippen LogP contribution >= 0.6 is 23.2 Å². The van der Waals surface area contributed by atoms with E-state index in [1.165, 1.54) is 0 Å². The fourth-order valence-corrected chi connectivity index (χ4v) is 3.18. The number of carbonyl (C=O) groups is 1. The minimum absolute atomic E-state index is 0.301. The second-order valence-electron chi connectivity index (χ2n) is 5.56. The van der Waals surface area contributed by atoms with Gasteiger partial charge < -0.3 is 19.7 Å². The number of hydrogen-bond acceptors (Lipinski definition) is 4. The standard InChI is InChI=1S/C18H18Cl2N2O3/c1-24-13-3-5-17(22-6-8-25-9-7-22)16(11-13)21-18(23)14-4-2-12(19)10-15(14)20/h2-5,10-11H,6-9H2,1H3,(H,21,23). The van der Waals surface area contributed by atoms with Crippen LogP contribution in [0.3, 0.4) is 0 Å². The lowest BCUT2D eigenvalue weighted by Crippen LogP contribution is -2.36. The Labute approximate surface area is 156 Å².